The van der Waals surface area contributed by atoms with E-state index in [1.165, 1.54) is 6.92 Å². The lowest BCUT2D eigenvalue weighted by Gasteiger charge is -2.07. The molecule has 0 radical (unpaired) electrons. The smallest absolute Gasteiger partial charge is 0.295 e. The number of hydrogen-bond donors (Lipinski definition) is 1. The lowest BCUT2D eigenvalue weighted by molar-refractivity contribution is -0.384. The summed E-state index contributed by atoms with van der Waals surface area (Å²) in [7, 11) is 0. The van der Waals surface area contributed by atoms with Crippen LogP contribution < -0.4 is 5.32 Å². The molecule has 82 valence electrons. The highest BCUT2D eigenvalue weighted by Crippen LogP contribution is 2.31. The maximum atomic E-state index is 13.3. The number of nitrogens with zero attached hydrogens (tertiary/aromatic N) is 1. The normalized spacial score (nSPS) is 10.1. The fourth-order valence-electron chi connectivity index (χ4n) is 1.22. The molecule has 0 aliphatic rings. The molecule has 6 heteroatoms. The molecule has 0 saturated carbocycles. The summed E-state index contributed by atoms with van der Waals surface area (Å²) in [5.41, 5.74) is -0.931. The van der Waals surface area contributed by atoms with Crippen LogP contribution in [-0.4, -0.2) is 11.5 Å². The van der Waals surface area contributed by atoms with Crippen LogP contribution >= 0.6 is 0 Å². The van der Waals surface area contributed by atoms with E-state index >= 15 is 0 Å². The van der Waals surface area contributed by atoms with Gasteiger partial charge < -0.3 is 5.32 Å². The van der Waals surface area contributed by atoms with E-state index in [4.69, 9.17) is 0 Å². The number of nitrogens with one attached hydrogen (secondary N) is 1. The zero-order chi connectivity index (χ0) is 11.6. The molecule has 0 heterocycles. The maximum Gasteiger partial charge on any atom is 0.295 e. The first kappa shape index (κ1) is 11.4. The Morgan fingerprint density at radius 1 is 1.47 bits per heavy atom. The Hall–Kier alpha value is -1.72. The molecule has 15 heavy (non-hydrogen) atoms. The van der Waals surface area contributed by atoms with Crippen LogP contribution in [-0.2, 0) is 0 Å². The second-order valence-corrected chi connectivity index (χ2v) is 3.00. The van der Waals surface area contributed by atoms with Gasteiger partial charge in [0.05, 0.1) is 4.92 Å². The van der Waals surface area contributed by atoms with Crippen LogP contribution in [0.5, 0.6) is 0 Å². The molecule has 1 N–H and O–H groups in total. The highest BCUT2D eigenvalue weighted by molar-refractivity contribution is 5.63. The van der Waals surface area contributed by atoms with Crippen molar-refractivity contribution in [1.29, 1.82) is 0 Å². The molecule has 1 aromatic rings. The summed E-state index contributed by atoms with van der Waals surface area (Å²) in [6, 6.07) is 1.01. The molecule has 0 atom stereocenters. The third kappa shape index (κ3) is 2.03. The lowest BCUT2D eigenvalue weighted by Crippen LogP contribution is -2.06. The predicted molar refractivity (Wildman–Crippen MR) is 51.9 cm³/mol. The van der Waals surface area contributed by atoms with Gasteiger partial charge in [-0.3, -0.25) is 10.1 Å². The molecule has 0 bridgehead atoms. The summed E-state index contributed by atoms with van der Waals surface area (Å²) < 4.78 is 26.4. The minimum absolute atomic E-state index is 0.0825. The first-order valence-electron chi connectivity index (χ1n) is 4.35. The Kier molecular flexibility index (Phi) is 3.18. The van der Waals surface area contributed by atoms with E-state index in [2.05, 4.69) is 5.32 Å². The van der Waals surface area contributed by atoms with Gasteiger partial charge >= 0.3 is 0 Å². The number of nitro benzene ring substituents is 1. The zero-order valence-corrected chi connectivity index (χ0v) is 8.30. The molecule has 4 nitrogen and oxygen atoms in total. The van der Waals surface area contributed by atoms with E-state index in [1.807, 2.05) is 0 Å². The van der Waals surface area contributed by atoms with Crippen molar-refractivity contribution in [3.8, 4) is 0 Å². The number of nitro groups is 1. The summed E-state index contributed by atoms with van der Waals surface area (Å²) in [6.07, 6.45) is 0. The lowest BCUT2D eigenvalue weighted by atomic mass is 10.1. The Morgan fingerprint density at radius 3 is 2.53 bits per heavy atom. The Morgan fingerprint density at radius 2 is 2.07 bits per heavy atom. The number of rotatable bonds is 3. The van der Waals surface area contributed by atoms with Gasteiger partial charge in [0.25, 0.3) is 5.69 Å². The number of halogens is 2. The van der Waals surface area contributed by atoms with Gasteiger partial charge in [-0.2, -0.15) is 0 Å². The van der Waals surface area contributed by atoms with E-state index in [0.717, 1.165) is 6.07 Å². The van der Waals surface area contributed by atoms with Crippen molar-refractivity contribution in [2.75, 3.05) is 11.9 Å². The monoisotopic (exact) mass is 216 g/mol. The molecule has 1 aromatic carbocycles. The molecule has 0 aromatic heterocycles. The molecular formula is C9H10F2N2O2. The van der Waals surface area contributed by atoms with Crippen LogP contribution in [0, 0.1) is 28.7 Å². The van der Waals surface area contributed by atoms with Crippen LogP contribution in [0.4, 0.5) is 20.2 Å². The maximum absolute atomic E-state index is 13.3. The number of aryl methyl sites for hydroxylation is 1. The molecule has 0 unspecified atom stereocenters. The average molecular weight is 216 g/mol. The van der Waals surface area contributed by atoms with Crippen molar-refractivity contribution in [1.82, 2.24) is 0 Å². The second-order valence-electron chi connectivity index (χ2n) is 3.00. The molecule has 0 amide bonds. The van der Waals surface area contributed by atoms with Crippen molar-refractivity contribution >= 4 is 11.4 Å². The van der Waals surface area contributed by atoms with E-state index in [9.17, 15) is 18.9 Å². The highest BCUT2D eigenvalue weighted by atomic mass is 19.2. The van der Waals surface area contributed by atoms with Gasteiger partial charge in [0.1, 0.15) is 0 Å². The van der Waals surface area contributed by atoms with Gasteiger partial charge in [-0.05, 0) is 19.4 Å². The van der Waals surface area contributed by atoms with E-state index in [0.29, 0.717) is 0 Å². The SMILES string of the molecule is CCNc1c([N+](=O)[O-])cc(C)c(F)c1F. The zero-order valence-electron chi connectivity index (χ0n) is 8.30. The summed E-state index contributed by atoms with van der Waals surface area (Å²) >= 11 is 0. The molecule has 0 spiro atoms. The van der Waals surface area contributed by atoms with Crippen LogP contribution in [0.25, 0.3) is 0 Å². The number of benzene rings is 1. The third-order valence-corrected chi connectivity index (χ3v) is 1.92. The standard InChI is InChI=1S/C9H10F2N2O2/c1-3-12-9-6(13(14)15)4-5(2)7(10)8(9)11/h4,12H,3H2,1-2H3. The molecule has 1 rings (SSSR count). The molecule has 0 aliphatic carbocycles. The predicted octanol–water partition coefficient (Wildman–Crippen LogP) is 2.61. The van der Waals surface area contributed by atoms with Crippen LogP contribution in [0.2, 0.25) is 0 Å². The van der Waals surface area contributed by atoms with Crippen molar-refractivity contribution in [3.63, 3.8) is 0 Å². The molecule has 0 fully saturated rings. The van der Waals surface area contributed by atoms with Gasteiger partial charge in [-0.25, -0.2) is 8.78 Å². The van der Waals surface area contributed by atoms with Crippen LogP contribution in [0.3, 0.4) is 0 Å². The van der Waals surface area contributed by atoms with Crippen molar-refractivity contribution in [3.05, 3.63) is 33.4 Å². The number of anilines is 1. The van der Waals surface area contributed by atoms with Crippen molar-refractivity contribution in [2.45, 2.75) is 13.8 Å². The first-order chi connectivity index (χ1) is 6.99. The quantitative estimate of drug-likeness (QED) is 0.624. The Bertz CT molecular complexity index is 408. The fourth-order valence-corrected chi connectivity index (χ4v) is 1.22. The third-order valence-electron chi connectivity index (χ3n) is 1.92. The van der Waals surface area contributed by atoms with E-state index in [1.54, 1.807) is 6.92 Å². The topological polar surface area (TPSA) is 55.2 Å². The molecule has 0 saturated heterocycles. The summed E-state index contributed by atoms with van der Waals surface area (Å²) in [4.78, 5) is 9.85. The minimum Gasteiger partial charge on any atom is -0.377 e. The molecule has 0 aliphatic heterocycles. The van der Waals surface area contributed by atoms with Gasteiger partial charge in [0.2, 0.25) is 0 Å². The summed E-state index contributed by atoms with van der Waals surface area (Å²) in [5, 5.41) is 13.0. The van der Waals surface area contributed by atoms with Crippen LogP contribution in [0.15, 0.2) is 6.07 Å². The molecular weight excluding hydrogens is 206 g/mol. The van der Waals surface area contributed by atoms with Gasteiger partial charge in [0.15, 0.2) is 17.3 Å². The fraction of sp³-hybridized carbons (Fsp3) is 0.333. The van der Waals surface area contributed by atoms with Crippen molar-refractivity contribution in [2.24, 2.45) is 0 Å². The van der Waals surface area contributed by atoms with E-state index in [-0.39, 0.29) is 12.1 Å². The number of hydrogen-bond acceptors (Lipinski definition) is 3. The van der Waals surface area contributed by atoms with Gasteiger partial charge in [0, 0.05) is 12.6 Å². The van der Waals surface area contributed by atoms with E-state index < -0.39 is 27.9 Å². The highest BCUT2D eigenvalue weighted by Gasteiger charge is 2.23. The summed E-state index contributed by atoms with van der Waals surface area (Å²) in [6.45, 7) is 3.20. The van der Waals surface area contributed by atoms with Gasteiger partial charge in [-0.1, -0.05) is 0 Å². The van der Waals surface area contributed by atoms with Crippen molar-refractivity contribution < 1.29 is 13.7 Å². The second kappa shape index (κ2) is 4.20. The Balaban J connectivity index is 3.43. The van der Waals surface area contributed by atoms with Gasteiger partial charge in [-0.15, -0.1) is 0 Å². The summed E-state index contributed by atoms with van der Waals surface area (Å²) in [5.74, 6) is -2.26. The van der Waals surface area contributed by atoms with Crippen LogP contribution in [0.1, 0.15) is 12.5 Å². The minimum atomic E-state index is -1.21. The average Bonchev–Trinajstić information content (AvgIpc) is 2.18. The largest absolute Gasteiger partial charge is 0.377 e. The Labute approximate surface area is 85.1 Å². The first-order valence-corrected chi connectivity index (χ1v) is 4.35.